The van der Waals surface area contributed by atoms with Crippen molar-refractivity contribution < 1.29 is 14.1 Å². The summed E-state index contributed by atoms with van der Waals surface area (Å²) in [5.74, 6) is -1.19. The molecular weight excluding hydrogens is 252 g/mol. The predicted molar refractivity (Wildman–Crippen MR) is 71.4 cm³/mol. The van der Waals surface area contributed by atoms with Crippen molar-refractivity contribution in [3.8, 4) is 0 Å². The maximum atomic E-state index is 11.8. The Morgan fingerprint density at radius 2 is 2.06 bits per heavy atom. The smallest absolute Gasteiger partial charge is 0.320 e. The van der Waals surface area contributed by atoms with Crippen LogP contribution in [0, 0.1) is 4.78 Å². The molecule has 0 aliphatic carbocycles. The number of rotatable bonds is 6. The number of carboxylic acids is 1. The maximum absolute atomic E-state index is 11.8. The zero-order valence-corrected chi connectivity index (χ0v) is 10.6. The first kappa shape index (κ1) is 14.4. The number of benzene rings is 1. The lowest BCUT2D eigenvalue weighted by Gasteiger charge is -2.06. The molecule has 0 radical (unpaired) electrons. The topological polar surface area (TPSA) is 104 Å². The van der Waals surface area contributed by atoms with Crippen molar-refractivity contribution in [2.75, 3.05) is 5.75 Å². The quantitative estimate of drug-likeness (QED) is 0.727. The molecule has 2 unspecified atom stereocenters. The number of carbonyl (C=O) groups is 1. The van der Waals surface area contributed by atoms with Crippen LogP contribution < -0.4 is 5.73 Å². The molecule has 0 aliphatic rings. The van der Waals surface area contributed by atoms with E-state index in [0.29, 0.717) is 0 Å². The summed E-state index contributed by atoms with van der Waals surface area (Å²) in [6.07, 6.45) is 1.62. The van der Waals surface area contributed by atoms with Crippen LogP contribution in [0.1, 0.15) is 12.0 Å². The van der Waals surface area contributed by atoms with E-state index in [9.17, 15) is 9.00 Å². The summed E-state index contributed by atoms with van der Waals surface area (Å²) in [6, 6.07) is 8.13. The van der Waals surface area contributed by atoms with Gasteiger partial charge in [0, 0.05) is 11.2 Å². The zero-order valence-electron chi connectivity index (χ0n) is 9.78. The Bertz CT molecular complexity index is 524. The van der Waals surface area contributed by atoms with Crippen LogP contribution in [0.15, 0.2) is 35.7 Å². The lowest BCUT2D eigenvalue weighted by Crippen LogP contribution is -2.31. The van der Waals surface area contributed by atoms with Gasteiger partial charge in [0.2, 0.25) is 0 Å². The summed E-state index contributed by atoms with van der Waals surface area (Å²) >= 11 is 0. The van der Waals surface area contributed by atoms with Gasteiger partial charge in [-0.25, -0.2) is 8.99 Å². The summed E-state index contributed by atoms with van der Waals surface area (Å²) in [5, 5.41) is 9.89. The minimum absolute atomic E-state index is 0.0246. The lowest BCUT2D eigenvalue weighted by atomic mass is 10.2. The van der Waals surface area contributed by atoms with Crippen molar-refractivity contribution in [2.45, 2.75) is 12.5 Å². The molecule has 0 spiro atoms. The van der Waals surface area contributed by atoms with Crippen LogP contribution in [0.5, 0.6) is 0 Å². The summed E-state index contributed by atoms with van der Waals surface area (Å²) in [4.78, 5) is 10.5. The zero-order chi connectivity index (χ0) is 13.6. The highest BCUT2D eigenvalue weighted by Gasteiger charge is 2.13. The largest absolute Gasteiger partial charge is 0.480 e. The van der Waals surface area contributed by atoms with Gasteiger partial charge < -0.3 is 10.8 Å². The molecule has 98 valence electrons. The number of hydrogen-bond donors (Lipinski definition) is 3. The van der Waals surface area contributed by atoms with Gasteiger partial charge in [-0.05, 0) is 18.1 Å². The van der Waals surface area contributed by atoms with Crippen molar-refractivity contribution in [2.24, 2.45) is 5.73 Å². The van der Waals surface area contributed by atoms with E-state index in [1.54, 1.807) is 6.08 Å². The lowest BCUT2D eigenvalue weighted by molar-refractivity contribution is -0.138. The third-order valence-corrected chi connectivity index (χ3v) is 3.75. The van der Waals surface area contributed by atoms with E-state index in [2.05, 4.69) is 0 Å². The van der Waals surface area contributed by atoms with Crippen molar-refractivity contribution in [1.82, 2.24) is 0 Å². The fraction of sp³-hybridized carbons (Fsp3) is 0.250. The molecule has 0 aromatic heterocycles. The molecule has 6 heteroatoms. The Balaban J connectivity index is 2.60. The van der Waals surface area contributed by atoms with E-state index in [-0.39, 0.29) is 12.2 Å². The standard InChI is InChI=1S/C12H16N2O3S/c13-11(12(15)16)7-9-18(14,17)8-6-10-4-2-1-3-5-10/h1-6,8,11,14H,7,9,13H2,(H,15,16)/b8-6+. The van der Waals surface area contributed by atoms with Crippen molar-refractivity contribution in [1.29, 1.82) is 4.78 Å². The number of hydrogen-bond acceptors (Lipinski definition) is 4. The van der Waals surface area contributed by atoms with Gasteiger partial charge in [0.05, 0.1) is 9.73 Å². The number of nitrogens with two attached hydrogens (primary N) is 1. The second kappa shape index (κ2) is 6.32. The van der Waals surface area contributed by atoms with Gasteiger partial charge in [-0.2, -0.15) is 0 Å². The van der Waals surface area contributed by atoms with E-state index in [1.165, 1.54) is 5.41 Å². The Labute approximate surface area is 106 Å². The van der Waals surface area contributed by atoms with E-state index in [0.717, 1.165) is 5.56 Å². The molecule has 0 amide bonds. The molecule has 18 heavy (non-hydrogen) atoms. The summed E-state index contributed by atoms with van der Waals surface area (Å²) in [7, 11) is -2.93. The van der Waals surface area contributed by atoms with Crippen LogP contribution in [0.25, 0.3) is 6.08 Å². The van der Waals surface area contributed by atoms with E-state index >= 15 is 0 Å². The third kappa shape index (κ3) is 5.11. The van der Waals surface area contributed by atoms with Crippen LogP contribution in [0.3, 0.4) is 0 Å². The van der Waals surface area contributed by atoms with Gasteiger partial charge in [-0.15, -0.1) is 0 Å². The molecule has 5 nitrogen and oxygen atoms in total. The molecule has 0 saturated carbocycles. The average molecular weight is 268 g/mol. The molecule has 1 aromatic rings. The normalized spacial score (nSPS) is 16.3. The first-order valence-electron chi connectivity index (χ1n) is 5.39. The van der Waals surface area contributed by atoms with Crippen molar-refractivity contribution in [3.63, 3.8) is 0 Å². The van der Waals surface area contributed by atoms with Crippen LogP contribution in [0.4, 0.5) is 0 Å². The summed E-state index contributed by atoms with van der Waals surface area (Å²) < 4.78 is 19.4. The van der Waals surface area contributed by atoms with Gasteiger partial charge in [-0.3, -0.25) is 4.79 Å². The second-order valence-electron chi connectivity index (χ2n) is 3.88. The van der Waals surface area contributed by atoms with Crippen LogP contribution in [-0.4, -0.2) is 27.1 Å². The number of carboxylic acid groups (broad SMARTS) is 1. The summed E-state index contributed by atoms with van der Waals surface area (Å²) in [6.45, 7) is 0. The van der Waals surface area contributed by atoms with Crippen molar-refractivity contribution in [3.05, 3.63) is 41.3 Å². The highest BCUT2D eigenvalue weighted by molar-refractivity contribution is 7.95. The number of aliphatic carboxylic acids is 1. The molecule has 0 fully saturated rings. The number of nitrogens with one attached hydrogen (secondary N) is 1. The summed E-state index contributed by atoms with van der Waals surface area (Å²) in [5.41, 5.74) is 6.15. The van der Waals surface area contributed by atoms with Crippen LogP contribution in [0.2, 0.25) is 0 Å². The van der Waals surface area contributed by atoms with Gasteiger partial charge in [0.25, 0.3) is 0 Å². The molecule has 0 saturated heterocycles. The van der Waals surface area contributed by atoms with Crippen LogP contribution in [-0.2, 0) is 14.5 Å². The predicted octanol–water partition coefficient (Wildman–Crippen LogP) is 1.51. The van der Waals surface area contributed by atoms with Crippen molar-refractivity contribution >= 4 is 21.8 Å². The van der Waals surface area contributed by atoms with Gasteiger partial charge in [0.1, 0.15) is 6.04 Å². The van der Waals surface area contributed by atoms with E-state index in [1.807, 2.05) is 30.3 Å². The molecule has 0 aliphatic heterocycles. The molecule has 1 rings (SSSR count). The Morgan fingerprint density at radius 1 is 1.44 bits per heavy atom. The maximum Gasteiger partial charge on any atom is 0.320 e. The molecule has 0 heterocycles. The van der Waals surface area contributed by atoms with E-state index in [4.69, 9.17) is 15.6 Å². The van der Waals surface area contributed by atoms with Gasteiger partial charge in [0.15, 0.2) is 0 Å². The highest BCUT2D eigenvalue weighted by Crippen LogP contribution is 2.06. The Kier molecular flexibility index (Phi) is 5.06. The van der Waals surface area contributed by atoms with Crippen LogP contribution >= 0.6 is 0 Å². The highest BCUT2D eigenvalue weighted by atomic mass is 32.2. The molecule has 2 atom stereocenters. The fourth-order valence-corrected chi connectivity index (χ4v) is 2.36. The first-order valence-corrected chi connectivity index (χ1v) is 7.18. The third-order valence-electron chi connectivity index (χ3n) is 2.33. The molecule has 4 N–H and O–H groups in total. The van der Waals surface area contributed by atoms with Gasteiger partial charge >= 0.3 is 5.97 Å². The monoisotopic (exact) mass is 268 g/mol. The molecular formula is C12H16N2O3S. The first-order chi connectivity index (χ1) is 8.41. The minimum atomic E-state index is -2.93. The molecule has 0 bridgehead atoms. The fourth-order valence-electron chi connectivity index (χ4n) is 1.25. The van der Waals surface area contributed by atoms with E-state index < -0.39 is 21.7 Å². The Hall–Kier alpha value is -1.66. The Morgan fingerprint density at radius 3 is 2.61 bits per heavy atom. The molecule has 1 aromatic carbocycles. The SMILES string of the molecule is N=S(=O)(/C=C/c1ccccc1)CCC(N)C(=O)O. The average Bonchev–Trinajstić information content (AvgIpc) is 2.35. The second-order valence-corrected chi connectivity index (χ2v) is 6.01. The minimum Gasteiger partial charge on any atom is -0.480 e. The van der Waals surface area contributed by atoms with Gasteiger partial charge in [-0.1, -0.05) is 30.3 Å².